The van der Waals surface area contributed by atoms with Gasteiger partial charge < -0.3 is 10.5 Å². The van der Waals surface area contributed by atoms with E-state index in [9.17, 15) is 22.4 Å². The average molecular weight is 237 g/mol. The Labute approximate surface area is 87.8 Å². The van der Waals surface area contributed by atoms with Crippen molar-refractivity contribution in [1.82, 2.24) is 0 Å². The molecule has 0 spiro atoms. The van der Waals surface area contributed by atoms with E-state index in [1.165, 1.54) is 0 Å². The number of nitrogens with two attached hydrogens (primary N) is 1. The van der Waals surface area contributed by atoms with Crippen molar-refractivity contribution in [1.29, 1.82) is 0 Å². The fraction of sp³-hybridized carbons (Fsp3) is 0.222. The zero-order valence-corrected chi connectivity index (χ0v) is 8.06. The van der Waals surface area contributed by atoms with Gasteiger partial charge in [-0.1, -0.05) is 0 Å². The first-order chi connectivity index (χ1) is 7.29. The molecule has 7 heteroatoms. The molecule has 0 unspecified atom stereocenters. The number of halogens is 4. The van der Waals surface area contributed by atoms with Crippen LogP contribution in [-0.2, 0) is 10.9 Å². The molecule has 2 N–H and O–H groups in total. The molecule has 3 nitrogen and oxygen atoms in total. The van der Waals surface area contributed by atoms with Crippen molar-refractivity contribution in [3.05, 3.63) is 29.1 Å². The van der Waals surface area contributed by atoms with E-state index in [1.54, 1.807) is 0 Å². The van der Waals surface area contributed by atoms with Crippen molar-refractivity contribution in [3.63, 3.8) is 0 Å². The summed E-state index contributed by atoms with van der Waals surface area (Å²) in [5.41, 5.74) is 1.71. The first kappa shape index (κ1) is 12.3. The molecule has 0 aliphatic carbocycles. The number of methoxy groups -OCH3 is 1. The number of ether oxygens (including phenoxy) is 1. The van der Waals surface area contributed by atoms with Crippen LogP contribution in [0, 0.1) is 5.82 Å². The summed E-state index contributed by atoms with van der Waals surface area (Å²) < 4.78 is 54.8. The van der Waals surface area contributed by atoms with Gasteiger partial charge in [-0.2, -0.15) is 13.2 Å². The summed E-state index contributed by atoms with van der Waals surface area (Å²) >= 11 is 0. The minimum atomic E-state index is -5.01. The lowest BCUT2D eigenvalue weighted by atomic mass is 10.1. The molecule has 88 valence electrons. The SMILES string of the molecule is COC(=O)c1ccc(N)c(F)c1C(F)(F)F. The number of anilines is 1. The van der Waals surface area contributed by atoms with Gasteiger partial charge in [0.25, 0.3) is 0 Å². The third-order valence-corrected chi connectivity index (χ3v) is 1.86. The van der Waals surface area contributed by atoms with Crippen LogP contribution in [0.15, 0.2) is 12.1 Å². The van der Waals surface area contributed by atoms with E-state index < -0.39 is 34.8 Å². The molecule has 0 amide bonds. The smallest absolute Gasteiger partial charge is 0.420 e. The summed E-state index contributed by atoms with van der Waals surface area (Å²) in [7, 11) is 0.900. The first-order valence-corrected chi connectivity index (χ1v) is 4.02. The molecule has 1 aromatic carbocycles. The van der Waals surface area contributed by atoms with E-state index in [2.05, 4.69) is 4.74 Å². The Morgan fingerprint density at radius 3 is 2.38 bits per heavy atom. The Morgan fingerprint density at radius 2 is 1.94 bits per heavy atom. The number of hydrogen-bond donors (Lipinski definition) is 1. The molecule has 0 bridgehead atoms. The lowest BCUT2D eigenvalue weighted by Crippen LogP contribution is -2.17. The number of nitrogen functional groups attached to an aromatic ring is 1. The molecule has 16 heavy (non-hydrogen) atoms. The van der Waals surface area contributed by atoms with E-state index in [0.29, 0.717) is 0 Å². The standard InChI is InChI=1S/C9H7F4NO2/c1-16-8(15)4-2-3-5(14)7(10)6(4)9(11,12)13/h2-3H,14H2,1H3. The number of alkyl halides is 3. The predicted molar refractivity (Wildman–Crippen MR) is 47.2 cm³/mol. The first-order valence-electron chi connectivity index (χ1n) is 4.02. The average Bonchev–Trinajstić information content (AvgIpc) is 2.18. The summed E-state index contributed by atoms with van der Waals surface area (Å²) in [6.45, 7) is 0. The lowest BCUT2D eigenvalue weighted by molar-refractivity contribution is -0.140. The minimum Gasteiger partial charge on any atom is -0.465 e. The second kappa shape index (κ2) is 3.99. The Bertz CT molecular complexity index is 428. The van der Waals surface area contributed by atoms with Crippen molar-refractivity contribution in [2.24, 2.45) is 0 Å². The molecule has 0 saturated heterocycles. The van der Waals surface area contributed by atoms with Gasteiger partial charge in [0, 0.05) is 0 Å². The zero-order chi connectivity index (χ0) is 12.5. The van der Waals surface area contributed by atoms with Crippen LogP contribution < -0.4 is 5.73 Å². The van der Waals surface area contributed by atoms with Gasteiger partial charge in [-0.15, -0.1) is 0 Å². The Kier molecular flexibility index (Phi) is 3.06. The van der Waals surface area contributed by atoms with E-state index in [1.807, 2.05) is 0 Å². The van der Waals surface area contributed by atoms with Crippen LogP contribution in [0.2, 0.25) is 0 Å². The molecule has 0 radical (unpaired) electrons. The van der Waals surface area contributed by atoms with E-state index in [0.717, 1.165) is 19.2 Å². The lowest BCUT2D eigenvalue weighted by Gasteiger charge is -2.13. The molecule has 0 aromatic heterocycles. The number of carbonyl (C=O) groups is 1. The van der Waals surface area contributed by atoms with Crippen LogP contribution in [0.4, 0.5) is 23.2 Å². The largest absolute Gasteiger partial charge is 0.465 e. The van der Waals surface area contributed by atoms with Crippen molar-refractivity contribution in [3.8, 4) is 0 Å². The Hall–Kier alpha value is -1.79. The second-order valence-corrected chi connectivity index (χ2v) is 2.88. The van der Waals surface area contributed by atoms with Crippen LogP contribution in [0.5, 0.6) is 0 Å². The van der Waals surface area contributed by atoms with E-state index in [-0.39, 0.29) is 0 Å². The topological polar surface area (TPSA) is 52.3 Å². The van der Waals surface area contributed by atoms with E-state index in [4.69, 9.17) is 5.73 Å². The number of rotatable bonds is 1. The highest BCUT2D eigenvalue weighted by atomic mass is 19.4. The molecule has 0 aliphatic heterocycles. The molecule has 0 fully saturated rings. The van der Waals surface area contributed by atoms with Crippen LogP contribution in [0.1, 0.15) is 15.9 Å². The van der Waals surface area contributed by atoms with Crippen molar-refractivity contribution >= 4 is 11.7 Å². The second-order valence-electron chi connectivity index (χ2n) is 2.88. The van der Waals surface area contributed by atoms with Gasteiger partial charge in [0.05, 0.1) is 18.4 Å². The predicted octanol–water partition coefficient (Wildman–Crippen LogP) is 2.21. The van der Waals surface area contributed by atoms with Crippen molar-refractivity contribution < 1.29 is 27.1 Å². The number of hydrogen-bond acceptors (Lipinski definition) is 3. The maximum Gasteiger partial charge on any atom is 0.420 e. The van der Waals surface area contributed by atoms with Gasteiger partial charge in [0.2, 0.25) is 0 Å². The van der Waals surface area contributed by atoms with Gasteiger partial charge in [0.15, 0.2) is 5.82 Å². The Morgan fingerprint density at radius 1 is 1.38 bits per heavy atom. The number of carbonyl (C=O) groups excluding carboxylic acids is 1. The molecule has 1 rings (SSSR count). The van der Waals surface area contributed by atoms with Crippen LogP contribution in [0.25, 0.3) is 0 Å². The third kappa shape index (κ3) is 2.07. The molecule has 0 aliphatic rings. The zero-order valence-electron chi connectivity index (χ0n) is 8.06. The maximum absolute atomic E-state index is 13.2. The molecule has 0 atom stereocenters. The monoisotopic (exact) mass is 237 g/mol. The highest BCUT2D eigenvalue weighted by molar-refractivity contribution is 5.91. The molecule has 0 saturated carbocycles. The molecule has 1 aromatic rings. The van der Waals surface area contributed by atoms with E-state index >= 15 is 0 Å². The summed E-state index contributed by atoms with van der Waals surface area (Å²) in [5, 5.41) is 0. The fourth-order valence-electron chi connectivity index (χ4n) is 1.15. The number of esters is 1. The summed E-state index contributed by atoms with van der Waals surface area (Å²) in [5.74, 6) is -2.94. The van der Waals surface area contributed by atoms with Gasteiger partial charge in [0.1, 0.15) is 5.56 Å². The highest BCUT2D eigenvalue weighted by Gasteiger charge is 2.39. The quantitative estimate of drug-likeness (QED) is 0.463. The maximum atomic E-state index is 13.2. The Balaban J connectivity index is 3.52. The third-order valence-electron chi connectivity index (χ3n) is 1.86. The van der Waals surface area contributed by atoms with Crippen molar-refractivity contribution in [2.45, 2.75) is 6.18 Å². The van der Waals surface area contributed by atoms with Crippen LogP contribution in [0.3, 0.4) is 0 Å². The molecule has 0 heterocycles. The fourth-order valence-corrected chi connectivity index (χ4v) is 1.15. The summed E-state index contributed by atoms with van der Waals surface area (Å²) in [4.78, 5) is 11.0. The van der Waals surface area contributed by atoms with Gasteiger partial charge >= 0.3 is 12.1 Å². The van der Waals surface area contributed by atoms with Gasteiger partial charge in [-0.25, -0.2) is 9.18 Å². The van der Waals surface area contributed by atoms with Crippen LogP contribution >= 0.6 is 0 Å². The van der Waals surface area contributed by atoms with Gasteiger partial charge in [-0.05, 0) is 12.1 Å². The summed E-state index contributed by atoms with van der Waals surface area (Å²) in [6, 6.07) is 1.64. The van der Waals surface area contributed by atoms with Gasteiger partial charge in [-0.3, -0.25) is 0 Å². The highest BCUT2D eigenvalue weighted by Crippen LogP contribution is 2.36. The number of benzene rings is 1. The minimum absolute atomic E-state index is 0.681. The normalized spacial score (nSPS) is 11.3. The van der Waals surface area contributed by atoms with Crippen LogP contribution in [-0.4, -0.2) is 13.1 Å². The molecular formula is C9H7F4NO2. The summed E-state index contributed by atoms with van der Waals surface area (Å²) in [6.07, 6.45) is -5.01. The van der Waals surface area contributed by atoms with Crippen molar-refractivity contribution in [2.75, 3.05) is 12.8 Å². The molecular weight excluding hydrogens is 230 g/mol.